The standard InChI is InChI=1S/C12H19NO2S2/c1-8(11-5-4-6-16-11)13-12(15)7-17-10(3)9(2)14/h4-6,8-10,14H,7H2,1-3H3,(H,13,15)/t8-,9+,10-/m0/s1. The highest BCUT2D eigenvalue weighted by Crippen LogP contribution is 2.19. The maximum atomic E-state index is 11.7. The van der Waals surface area contributed by atoms with Gasteiger partial charge in [0.05, 0.1) is 17.9 Å². The lowest BCUT2D eigenvalue weighted by Gasteiger charge is -2.15. The maximum absolute atomic E-state index is 11.7. The van der Waals surface area contributed by atoms with E-state index in [0.29, 0.717) is 5.75 Å². The molecular weight excluding hydrogens is 254 g/mol. The van der Waals surface area contributed by atoms with Gasteiger partial charge in [0, 0.05) is 10.1 Å². The van der Waals surface area contributed by atoms with E-state index in [2.05, 4.69) is 5.32 Å². The fourth-order valence-electron chi connectivity index (χ4n) is 1.24. The van der Waals surface area contributed by atoms with Gasteiger partial charge in [-0.15, -0.1) is 23.1 Å². The molecule has 0 saturated heterocycles. The number of carbonyl (C=O) groups is 1. The van der Waals surface area contributed by atoms with Gasteiger partial charge in [0.2, 0.25) is 5.91 Å². The third kappa shape index (κ3) is 5.10. The van der Waals surface area contributed by atoms with Crippen LogP contribution >= 0.6 is 23.1 Å². The Bertz CT molecular complexity index is 338. The minimum atomic E-state index is -0.387. The van der Waals surface area contributed by atoms with Crippen LogP contribution in [0.1, 0.15) is 31.7 Å². The Balaban J connectivity index is 2.30. The number of nitrogens with one attached hydrogen (secondary N) is 1. The summed E-state index contributed by atoms with van der Waals surface area (Å²) in [5, 5.41) is 14.3. The first kappa shape index (κ1) is 14.5. The Hall–Kier alpha value is -0.520. The average Bonchev–Trinajstić information content (AvgIpc) is 2.78. The summed E-state index contributed by atoms with van der Waals surface area (Å²) < 4.78 is 0. The third-order valence-corrected chi connectivity index (χ3v) is 4.91. The molecule has 3 nitrogen and oxygen atoms in total. The molecule has 0 fully saturated rings. The van der Waals surface area contributed by atoms with Crippen molar-refractivity contribution in [1.82, 2.24) is 5.32 Å². The molecule has 1 aromatic heterocycles. The molecule has 0 aromatic carbocycles. The van der Waals surface area contributed by atoms with E-state index in [4.69, 9.17) is 0 Å². The van der Waals surface area contributed by atoms with Gasteiger partial charge in [-0.25, -0.2) is 0 Å². The fourth-order valence-corrected chi connectivity index (χ4v) is 2.75. The Kier molecular flexibility index (Phi) is 6.02. The summed E-state index contributed by atoms with van der Waals surface area (Å²) in [6.07, 6.45) is -0.387. The predicted octanol–water partition coefficient (Wildman–Crippen LogP) is 2.43. The van der Waals surface area contributed by atoms with Crippen molar-refractivity contribution < 1.29 is 9.90 Å². The number of hydrogen-bond donors (Lipinski definition) is 2. The number of thioether (sulfide) groups is 1. The summed E-state index contributed by atoms with van der Waals surface area (Å²) in [6, 6.07) is 4.05. The van der Waals surface area contributed by atoms with E-state index < -0.39 is 0 Å². The van der Waals surface area contributed by atoms with Crippen LogP contribution in [-0.2, 0) is 4.79 Å². The summed E-state index contributed by atoms with van der Waals surface area (Å²) >= 11 is 3.11. The van der Waals surface area contributed by atoms with Gasteiger partial charge in [-0.1, -0.05) is 13.0 Å². The average molecular weight is 273 g/mol. The van der Waals surface area contributed by atoms with Crippen LogP contribution in [-0.4, -0.2) is 28.1 Å². The highest BCUT2D eigenvalue weighted by atomic mass is 32.2. The highest BCUT2D eigenvalue weighted by Gasteiger charge is 2.14. The largest absolute Gasteiger partial charge is 0.392 e. The molecule has 1 aromatic rings. The molecule has 0 spiro atoms. The number of aliphatic hydroxyl groups excluding tert-OH is 1. The van der Waals surface area contributed by atoms with E-state index in [1.807, 2.05) is 31.4 Å². The van der Waals surface area contributed by atoms with Gasteiger partial charge < -0.3 is 10.4 Å². The highest BCUT2D eigenvalue weighted by molar-refractivity contribution is 8.00. The fraction of sp³-hybridized carbons (Fsp3) is 0.583. The SMILES string of the molecule is C[C@H](NC(=O)CS[C@@H](C)[C@@H](C)O)c1cccs1. The van der Waals surface area contributed by atoms with Crippen molar-refractivity contribution in [1.29, 1.82) is 0 Å². The normalized spacial score (nSPS) is 16.2. The molecule has 0 aliphatic carbocycles. The maximum Gasteiger partial charge on any atom is 0.230 e. The Morgan fingerprint density at radius 2 is 2.24 bits per heavy atom. The van der Waals surface area contributed by atoms with Gasteiger partial charge >= 0.3 is 0 Å². The first-order valence-electron chi connectivity index (χ1n) is 5.63. The van der Waals surface area contributed by atoms with E-state index in [1.54, 1.807) is 18.3 Å². The topological polar surface area (TPSA) is 49.3 Å². The number of aliphatic hydroxyl groups is 1. The molecule has 0 aliphatic heterocycles. The van der Waals surface area contributed by atoms with Crippen molar-refractivity contribution >= 4 is 29.0 Å². The molecule has 1 amide bonds. The van der Waals surface area contributed by atoms with Gasteiger partial charge in [-0.2, -0.15) is 0 Å². The zero-order valence-electron chi connectivity index (χ0n) is 10.3. The molecule has 0 aliphatic rings. The molecule has 96 valence electrons. The second kappa shape index (κ2) is 7.03. The molecule has 2 N–H and O–H groups in total. The lowest BCUT2D eigenvalue weighted by atomic mass is 10.3. The van der Waals surface area contributed by atoms with Crippen LogP contribution in [0.5, 0.6) is 0 Å². The van der Waals surface area contributed by atoms with Crippen LogP contribution in [0.15, 0.2) is 17.5 Å². The minimum absolute atomic E-state index is 0.0170. The van der Waals surface area contributed by atoms with Gasteiger partial charge in [-0.05, 0) is 25.3 Å². The number of hydrogen-bond acceptors (Lipinski definition) is 4. The van der Waals surface area contributed by atoms with Crippen LogP contribution in [0.2, 0.25) is 0 Å². The van der Waals surface area contributed by atoms with Crippen molar-refractivity contribution in [3.05, 3.63) is 22.4 Å². The molecule has 5 heteroatoms. The number of rotatable bonds is 6. The predicted molar refractivity (Wildman–Crippen MR) is 74.5 cm³/mol. The summed E-state index contributed by atoms with van der Waals surface area (Å²) in [6.45, 7) is 5.64. The Morgan fingerprint density at radius 3 is 2.76 bits per heavy atom. The molecule has 0 bridgehead atoms. The van der Waals surface area contributed by atoms with Gasteiger partial charge in [0.25, 0.3) is 0 Å². The van der Waals surface area contributed by atoms with E-state index in [9.17, 15) is 9.90 Å². The first-order valence-corrected chi connectivity index (χ1v) is 7.56. The van der Waals surface area contributed by atoms with Crippen LogP contribution in [0, 0.1) is 0 Å². The number of amides is 1. The summed E-state index contributed by atoms with van der Waals surface area (Å²) in [5.74, 6) is 0.408. The number of carbonyl (C=O) groups excluding carboxylic acids is 1. The van der Waals surface area contributed by atoms with E-state index in [1.165, 1.54) is 11.8 Å². The first-order chi connectivity index (χ1) is 8.00. The molecule has 0 saturated carbocycles. The van der Waals surface area contributed by atoms with Crippen LogP contribution in [0.3, 0.4) is 0 Å². The van der Waals surface area contributed by atoms with Crippen molar-refractivity contribution in [2.45, 2.75) is 38.2 Å². The second-order valence-electron chi connectivity index (χ2n) is 4.06. The van der Waals surface area contributed by atoms with Crippen molar-refractivity contribution in [2.75, 3.05) is 5.75 Å². The Labute approximate surface area is 111 Å². The van der Waals surface area contributed by atoms with E-state index in [-0.39, 0.29) is 23.3 Å². The molecule has 0 radical (unpaired) electrons. The third-order valence-electron chi connectivity index (χ3n) is 2.50. The summed E-state index contributed by atoms with van der Waals surface area (Å²) in [5.41, 5.74) is 0. The van der Waals surface area contributed by atoms with Crippen molar-refractivity contribution in [3.8, 4) is 0 Å². The molecule has 17 heavy (non-hydrogen) atoms. The zero-order chi connectivity index (χ0) is 12.8. The monoisotopic (exact) mass is 273 g/mol. The zero-order valence-corrected chi connectivity index (χ0v) is 12.0. The Morgan fingerprint density at radius 1 is 1.53 bits per heavy atom. The van der Waals surface area contributed by atoms with Crippen LogP contribution in [0.4, 0.5) is 0 Å². The van der Waals surface area contributed by atoms with Crippen molar-refractivity contribution in [3.63, 3.8) is 0 Å². The number of thiophene rings is 1. The molecule has 1 rings (SSSR count). The lowest BCUT2D eigenvalue weighted by molar-refractivity contribution is -0.119. The van der Waals surface area contributed by atoms with E-state index >= 15 is 0 Å². The van der Waals surface area contributed by atoms with Crippen LogP contribution < -0.4 is 5.32 Å². The summed E-state index contributed by atoms with van der Waals surface area (Å²) in [7, 11) is 0. The smallest absolute Gasteiger partial charge is 0.230 e. The quantitative estimate of drug-likeness (QED) is 0.837. The van der Waals surface area contributed by atoms with E-state index in [0.717, 1.165) is 4.88 Å². The molecular formula is C12H19NO2S2. The van der Waals surface area contributed by atoms with Gasteiger partial charge in [0.15, 0.2) is 0 Å². The lowest BCUT2D eigenvalue weighted by Crippen LogP contribution is -2.29. The summed E-state index contributed by atoms with van der Waals surface area (Å²) in [4.78, 5) is 12.8. The van der Waals surface area contributed by atoms with Gasteiger partial charge in [0.1, 0.15) is 0 Å². The minimum Gasteiger partial charge on any atom is -0.392 e. The molecule has 1 heterocycles. The molecule has 3 atom stereocenters. The van der Waals surface area contributed by atoms with Crippen LogP contribution in [0.25, 0.3) is 0 Å². The molecule has 0 unspecified atom stereocenters. The van der Waals surface area contributed by atoms with Gasteiger partial charge in [-0.3, -0.25) is 4.79 Å². The second-order valence-corrected chi connectivity index (χ2v) is 6.41. The van der Waals surface area contributed by atoms with Crippen molar-refractivity contribution in [2.24, 2.45) is 0 Å².